The van der Waals surface area contributed by atoms with Gasteiger partial charge in [-0.15, -0.1) is 0 Å². The second kappa shape index (κ2) is 9.47. The maximum atomic E-state index is 15.0. The molecule has 1 fully saturated rings. The molecule has 7 heteroatoms. The zero-order valence-corrected chi connectivity index (χ0v) is 17.2. The van der Waals surface area contributed by atoms with Crippen molar-refractivity contribution in [3.8, 4) is 0 Å². The summed E-state index contributed by atoms with van der Waals surface area (Å²) in [7, 11) is 0. The fourth-order valence-corrected chi connectivity index (χ4v) is 4.01. The number of halogens is 3. The summed E-state index contributed by atoms with van der Waals surface area (Å²) in [6.07, 6.45) is -0.712. The first-order valence-electron chi connectivity index (χ1n) is 10.4. The first-order chi connectivity index (χ1) is 15.0. The summed E-state index contributed by atoms with van der Waals surface area (Å²) >= 11 is 0. The van der Waals surface area contributed by atoms with Crippen LogP contribution >= 0.6 is 0 Å². The molecule has 162 valence electrons. The number of piperidine rings is 1. The normalized spacial score (nSPS) is 16.9. The molecular formula is C24H25F3N4. The summed E-state index contributed by atoms with van der Waals surface area (Å²) in [5.74, 6) is -0.0636. The molecule has 0 saturated carbocycles. The van der Waals surface area contributed by atoms with Gasteiger partial charge < -0.3 is 10.2 Å². The Labute approximate surface area is 180 Å². The Morgan fingerprint density at radius 2 is 1.84 bits per heavy atom. The van der Waals surface area contributed by atoms with Gasteiger partial charge in [0.25, 0.3) is 6.43 Å². The van der Waals surface area contributed by atoms with Crippen LogP contribution < -0.4 is 10.2 Å². The van der Waals surface area contributed by atoms with Crippen LogP contribution in [0.25, 0.3) is 0 Å². The van der Waals surface area contributed by atoms with E-state index in [9.17, 15) is 8.78 Å². The van der Waals surface area contributed by atoms with Crippen molar-refractivity contribution in [3.63, 3.8) is 0 Å². The van der Waals surface area contributed by atoms with Crippen LogP contribution in [-0.2, 0) is 6.54 Å². The van der Waals surface area contributed by atoms with Gasteiger partial charge in [0, 0.05) is 34.9 Å². The summed E-state index contributed by atoms with van der Waals surface area (Å²) in [5.41, 5.74) is 3.00. The van der Waals surface area contributed by atoms with Gasteiger partial charge in [0.15, 0.2) is 0 Å². The van der Waals surface area contributed by atoms with Gasteiger partial charge in [-0.3, -0.25) is 0 Å². The maximum Gasteiger partial charge on any atom is 0.278 e. The van der Waals surface area contributed by atoms with Gasteiger partial charge in [-0.25, -0.2) is 13.2 Å². The molecular weight excluding hydrogens is 401 g/mol. The van der Waals surface area contributed by atoms with Crippen LogP contribution in [0.3, 0.4) is 0 Å². The molecule has 0 atom stereocenters. The third kappa shape index (κ3) is 4.88. The number of para-hydroxylation sites is 1. The molecule has 1 N–H and O–H groups in total. The Morgan fingerprint density at radius 3 is 2.48 bits per heavy atom. The molecule has 0 amide bonds. The van der Waals surface area contributed by atoms with E-state index in [1.807, 2.05) is 30.3 Å². The van der Waals surface area contributed by atoms with Crippen LogP contribution in [0.5, 0.6) is 0 Å². The third-order valence-electron chi connectivity index (χ3n) is 5.84. The molecule has 2 aromatic rings. The summed E-state index contributed by atoms with van der Waals surface area (Å²) in [6.45, 7) is 6.58. The lowest BCUT2D eigenvalue weighted by Crippen LogP contribution is -2.34. The number of anilines is 1. The van der Waals surface area contributed by atoms with E-state index in [4.69, 9.17) is 0 Å². The van der Waals surface area contributed by atoms with Crippen LogP contribution in [0.15, 0.2) is 71.0 Å². The smallest absolute Gasteiger partial charge is 0.278 e. The Morgan fingerprint density at radius 1 is 1.10 bits per heavy atom. The first kappa shape index (κ1) is 21.3. The van der Waals surface area contributed by atoms with E-state index in [1.165, 1.54) is 6.07 Å². The van der Waals surface area contributed by atoms with Crippen molar-refractivity contribution in [2.75, 3.05) is 18.0 Å². The van der Waals surface area contributed by atoms with E-state index in [2.05, 4.69) is 27.0 Å². The van der Waals surface area contributed by atoms with Crippen LogP contribution in [0.4, 0.5) is 18.9 Å². The van der Waals surface area contributed by atoms with Gasteiger partial charge in [0.1, 0.15) is 11.5 Å². The SMILES string of the molecule is C=C(C1CCNCC1)N(Cc1ccc(C2=NN=C(C(F)F)C2)cc1F)c1ccccc1. The van der Waals surface area contributed by atoms with Gasteiger partial charge in [0.05, 0.1) is 12.3 Å². The van der Waals surface area contributed by atoms with Crippen LogP contribution in [-0.4, -0.2) is 30.9 Å². The van der Waals surface area contributed by atoms with E-state index in [0.29, 0.717) is 29.3 Å². The minimum Gasteiger partial charge on any atom is -0.341 e. The lowest BCUT2D eigenvalue weighted by atomic mass is 9.93. The van der Waals surface area contributed by atoms with Crippen LogP contribution in [0.1, 0.15) is 30.4 Å². The molecule has 0 bridgehead atoms. The standard InChI is InChI=1S/C24H25F3N4/c1-16(17-9-11-28-12-10-17)31(20-5-3-2-4-6-20)15-19-8-7-18(13-21(19)25)22-14-23(24(26)27)30-29-22/h2-8,13,17,24,28H,1,9-12,14-15H2. The van der Waals surface area contributed by atoms with Crippen molar-refractivity contribution in [2.45, 2.75) is 32.2 Å². The molecule has 4 nitrogen and oxygen atoms in total. The number of benzene rings is 2. The van der Waals surface area contributed by atoms with Crippen molar-refractivity contribution >= 4 is 17.1 Å². The van der Waals surface area contributed by atoms with E-state index in [-0.39, 0.29) is 12.1 Å². The number of rotatable bonds is 7. The highest BCUT2D eigenvalue weighted by molar-refractivity contribution is 6.15. The minimum atomic E-state index is -2.65. The molecule has 2 heterocycles. The summed E-state index contributed by atoms with van der Waals surface area (Å²) < 4.78 is 40.7. The van der Waals surface area contributed by atoms with Gasteiger partial charge in [0.2, 0.25) is 0 Å². The summed E-state index contributed by atoms with van der Waals surface area (Å²) in [6, 6.07) is 14.6. The van der Waals surface area contributed by atoms with Crippen molar-refractivity contribution in [1.82, 2.24) is 5.32 Å². The number of hydrogen-bond acceptors (Lipinski definition) is 4. The average Bonchev–Trinajstić information content (AvgIpc) is 3.30. The fourth-order valence-electron chi connectivity index (χ4n) is 4.01. The van der Waals surface area contributed by atoms with Gasteiger partial charge in [-0.1, -0.05) is 36.9 Å². The van der Waals surface area contributed by atoms with E-state index >= 15 is 4.39 Å². The largest absolute Gasteiger partial charge is 0.341 e. The lowest BCUT2D eigenvalue weighted by Gasteiger charge is -2.34. The molecule has 0 aromatic heterocycles. The predicted octanol–water partition coefficient (Wildman–Crippen LogP) is 5.16. The molecule has 2 aliphatic rings. The summed E-state index contributed by atoms with van der Waals surface area (Å²) in [4.78, 5) is 2.07. The van der Waals surface area contributed by atoms with Crippen molar-refractivity contribution in [1.29, 1.82) is 0 Å². The third-order valence-corrected chi connectivity index (χ3v) is 5.84. The molecule has 0 aliphatic carbocycles. The van der Waals surface area contributed by atoms with Crippen molar-refractivity contribution in [2.24, 2.45) is 16.1 Å². The Bertz CT molecular complexity index is 995. The molecule has 0 unspecified atom stereocenters. The van der Waals surface area contributed by atoms with Crippen LogP contribution in [0.2, 0.25) is 0 Å². The van der Waals surface area contributed by atoms with Crippen LogP contribution in [0, 0.1) is 11.7 Å². The molecule has 4 rings (SSSR count). The minimum absolute atomic E-state index is 0.0564. The monoisotopic (exact) mass is 426 g/mol. The Hall–Kier alpha value is -2.93. The Kier molecular flexibility index (Phi) is 6.51. The number of hydrogen-bond donors (Lipinski definition) is 1. The topological polar surface area (TPSA) is 40.0 Å². The van der Waals surface area contributed by atoms with Gasteiger partial charge in [-0.2, -0.15) is 10.2 Å². The number of allylic oxidation sites excluding steroid dienone is 1. The predicted molar refractivity (Wildman–Crippen MR) is 118 cm³/mol. The number of alkyl halides is 2. The quantitative estimate of drug-likeness (QED) is 0.664. The highest BCUT2D eigenvalue weighted by atomic mass is 19.3. The van der Waals surface area contributed by atoms with Gasteiger partial charge in [-0.05, 0) is 44.1 Å². The first-order valence-corrected chi connectivity index (χ1v) is 10.4. The average molecular weight is 426 g/mol. The van der Waals surface area contributed by atoms with E-state index in [1.54, 1.807) is 12.1 Å². The summed E-state index contributed by atoms with van der Waals surface area (Å²) in [5, 5.41) is 10.7. The number of nitrogens with one attached hydrogen (secondary N) is 1. The number of nitrogens with zero attached hydrogens (tertiary/aromatic N) is 3. The fraction of sp³-hybridized carbons (Fsp3) is 0.333. The molecule has 2 aromatic carbocycles. The molecule has 2 aliphatic heterocycles. The zero-order valence-electron chi connectivity index (χ0n) is 17.2. The second-order valence-electron chi connectivity index (χ2n) is 7.86. The Balaban J connectivity index is 1.55. The zero-order chi connectivity index (χ0) is 21.8. The lowest BCUT2D eigenvalue weighted by molar-refractivity contribution is 0.224. The van der Waals surface area contributed by atoms with E-state index < -0.39 is 12.2 Å². The maximum absolute atomic E-state index is 15.0. The highest BCUT2D eigenvalue weighted by Crippen LogP contribution is 2.30. The van der Waals surface area contributed by atoms with Crippen molar-refractivity contribution in [3.05, 3.63) is 77.8 Å². The van der Waals surface area contributed by atoms with Crippen molar-refractivity contribution < 1.29 is 13.2 Å². The molecule has 0 radical (unpaired) electrons. The highest BCUT2D eigenvalue weighted by Gasteiger charge is 2.24. The second-order valence-corrected chi connectivity index (χ2v) is 7.86. The van der Waals surface area contributed by atoms with E-state index in [0.717, 1.165) is 37.3 Å². The molecule has 0 spiro atoms. The molecule has 1 saturated heterocycles. The molecule has 31 heavy (non-hydrogen) atoms. The van der Waals surface area contributed by atoms with Gasteiger partial charge >= 0.3 is 0 Å².